The van der Waals surface area contributed by atoms with Crippen LogP contribution in [0.3, 0.4) is 0 Å². The molecule has 1 heterocycles. The monoisotopic (exact) mass is 435 g/mol. The summed E-state index contributed by atoms with van der Waals surface area (Å²) in [5.74, 6) is -0.300. The Balaban J connectivity index is 2.21. The first-order valence-electron chi connectivity index (χ1n) is 7.77. The van der Waals surface area contributed by atoms with E-state index < -0.39 is 11.7 Å². The van der Waals surface area contributed by atoms with Crippen LogP contribution < -0.4 is 0 Å². The second kappa shape index (κ2) is 7.79. The molecule has 1 aliphatic heterocycles. The fraction of sp³-hybridized carbons (Fsp3) is 0.588. The Morgan fingerprint density at radius 3 is 2.65 bits per heavy atom. The van der Waals surface area contributed by atoms with Crippen molar-refractivity contribution in [1.82, 2.24) is 4.90 Å². The van der Waals surface area contributed by atoms with E-state index in [-0.39, 0.29) is 18.4 Å². The molecule has 0 aromatic heterocycles. The second-order valence-electron chi connectivity index (χ2n) is 6.69. The lowest BCUT2D eigenvalue weighted by molar-refractivity contribution is -0.00831. The van der Waals surface area contributed by atoms with E-state index in [2.05, 4.69) is 22.6 Å². The van der Waals surface area contributed by atoms with Crippen molar-refractivity contribution in [3.63, 3.8) is 0 Å². The molecule has 1 saturated heterocycles. The van der Waals surface area contributed by atoms with E-state index in [9.17, 15) is 9.18 Å². The summed E-state index contributed by atoms with van der Waals surface area (Å²) in [6.45, 7) is 6.93. The van der Waals surface area contributed by atoms with Gasteiger partial charge in [0.25, 0.3) is 0 Å². The lowest BCUT2D eigenvalue weighted by Gasteiger charge is -2.35. The molecule has 0 aliphatic carbocycles. The van der Waals surface area contributed by atoms with Crippen LogP contribution in [0.2, 0.25) is 0 Å². The first-order valence-corrected chi connectivity index (χ1v) is 8.85. The third-order valence-electron chi connectivity index (χ3n) is 3.61. The molecular formula is C17H23FINO3. The highest BCUT2D eigenvalue weighted by molar-refractivity contribution is 14.1. The zero-order chi connectivity index (χ0) is 17.0. The van der Waals surface area contributed by atoms with Gasteiger partial charge in [-0.3, -0.25) is 0 Å². The van der Waals surface area contributed by atoms with Gasteiger partial charge in [0.2, 0.25) is 0 Å². The molecule has 1 fully saturated rings. The van der Waals surface area contributed by atoms with Crippen molar-refractivity contribution in [2.45, 2.75) is 51.8 Å². The van der Waals surface area contributed by atoms with Crippen molar-refractivity contribution in [3.8, 4) is 0 Å². The highest BCUT2D eigenvalue weighted by Gasteiger charge is 2.30. The van der Waals surface area contributed by atoms with Crippen LogP contribution in [0.25, 0.3) is 0 Å². The van der Waals surface area contributed by atoms with Crippen molar-refractivity contribution in [2.75, 3.05) is 13.2 Å². The fourth-order valence-corrected chi connectivity index (χ4v) is 3.06. The Bertz CT molecular complexity index is 553. The maximum atomic E-state index is 14.1. The van der Waals surface area contributed by atoms with E-state index in [0.717, 1.165) is 16.4 Å². The van der Waals surface area contributed by atoms with Crippen LogP contribution in [-0.2, 0) is 16.0 Å². The smallest absolute Gasteiger partial charge is 0.410 e. The van der Waals surface area contributed by atoms with Crippen LogP contribution in [0.15, 0.2) is 18.2 Å². The number of rotatable bonds is 3. The average molecular weight is 435 g/mol. The number of amides is 1. The van der Waals surface area contributed by atoms with Gasteiger partial charge in [0.1, 0.15) is 11.4 Å². The average Bonchev–Trinajstić information content (AvgIpc) is 2.47. The SMILES string of the molecule is CC(C)(C)OC(=O)N(Cc1cc(I)ccc1F)C1CCOCC1. The third-order valence-corrected chi connectivity index (χ3v) is 4.28. The van der Waals surface area contributed by atoms with Gasteiger partial charge < -0.3 is 14.4 Å². The van der Waals surface area contributed by atoms with Crippen LogP contribution in [0.5, 0.6) is 0 Å². The minimum atomic E-state index is -0.579. The van der Waals surface area contributed by atoms with E-state index in [1.165, 1.54) is 6.07 Å². The standard InChI is InChI=1S/C17H23FINO3/c1-17(2,3)23-16(21)20(14-6-8-22-9-7-14)11-12-10-13(19)4-5-15(12)18/h4-5,10,14H,6-9,11H2,1-3H3. The van der Waals surface area contributed by atoms with Gasteiger partial charge in [0.15, 0.2) is 0 Å². The molecule has 1 aromatic carbocycles. The summed E-state index contributed by atoms with van der Waals surface area (Å²) < 4.78 is 25.9. The maximum Gasteiger partial charge on any atom is 0.410 e. The molecule has 0 saturated carbocycles. The molecule has 1 amide bonds. The molecule has 0 unspecified atom stereocenters. The molecule has 6 heteroatoms. The minimum Gasteiger partial charge on any atom is -0.444 e. The number of hydrogen-bond acceptors (Lipinski definition) is 3. The summed E-state index contributed by atoms with van der Waals surface area (Å²) in [5.41, 5.74) is -0.0706. The molecule has 23 heavy (non-hydrogen) atoms. The Hall–Kier alpha value is -0.890. The highest BCUT2D eigenvalue weighted by Crippen LogP contribution is 2.23. The van der Waals surface area contributed by atoms with Gasteiger partial charge >= 0.3 is 6.09 Å². The van der Waals surface area contributed by atoms with Gasteiger partial charge in [0.05, 0.1) is 6.54 Å². The lowest BCUT2D eigenvalue weighted by Crippen LogP contribution is -2.45. The molecule has 4 nitrogen and oxygen atoms in total. The van der Waals surface area contributed by atoms with Gasteiger partial charge in [-0.2, -0.15) is 0 Å². The van der Waals surface area contributed by atoms with Crippen LogP contribution in [0, 0.1) is 9.39 Å². The molecular weight excluding hydrogens is 412 g/mol. The normalized spacial score (nSPS) is 16.2. The highest BCUT2D eigenvalue weighted by atomic mass is 127. The zero-order valence-corrected chi connectivity index (χ0v) is 15.9. The fourth-order valence-electron chi connectivity index (χ4n) is 2.51. The summed E-state index contributed by atoms with van der Waals surface area (Å²) in [6, 6.07) is 4.93. The summed E-state index contributed by atoms with van der Waals surface area (Å²) in [7, 11) is 0. The number of halogens is 2. The van der Waals surface area contributed by atoms with Gasteiger partial charge in [-0.25, -0.2) is 9.18 Å². The van der Waals surface area contributed by atoms with Crippen molar-refractivity contribution in [2.24, 2.45) is 0 Å². The number of carbonyl (C=O) groups excluding carboxylic acids is 1. The molecule has 0 atom stereocenters. The second-order valence-corrected chi connectivity index (χ2v) is 7.93. The van der Waals surface area contributed by atoms with E-state index in [1.807, 2.05) is 20.8 Å². The van der Waals surface area contributed by atoms with Crippen molar-refractivity contribution in [3.05, 3.63) is 33.1 Å². The topological polar surface area (TPSA) is 38.8 Å². The van der Waals surface area contributed by atoms with Crippen molar-refractivity contribution < 1.29 is 18.7 Å². The summed E-state index contributed by atoms with van der Waals surface area (Å²) in [5, 5.41) is 0. The van der Waals surface area contributed by atoms with E-state index in [4.69, 9.17) is 9.47 Å². The first kappa shape index (κ1) is 18.4. The summed E-state index contributed by atoms with van der Waals surface area (Å²) >= 11 is 2.14. The zero-order valence-electron chi connectivity index (χ0n) is 13.8. The van der Waals surface area contributed by atoms with Crippen LogP contribution >= 0.6 is 22.6 Å². The van der Waals surface area contributed by atoms with E-state index in [0.29, 0.717) is 18.8 Å². The number of hydrogen-bond donors (Lipinski definition) is 0. The van der Waals surface area contributed by atoms with Gasteiger partial charge in [-0.1, -0.05) is 0 Å². The molecule has 128 valence electrons. The van der Waals surface area contributed by atoms with E-state index >= 15 is 0 Å². The van der Waals surface area contributed by atoms with Crippen LogP contribution in [0.4, 0.5) is 9.18 Å². The van der Waals surface area contributed by atoms with Gasteiger partial charge in [-0.05, 0) is 74.4 Å². The van der Waals surface area contributed by atoms with Gasteiger partial charge in [-0.15, -0.1) is 0 Å². The predicted octanol–water partition coefficient (Wildman–Crippen LogP) is 4.35. The minimum absolute atomic E-state index is 0.0101. The Labute approximate surface area is 150 Å². The first-order chi connectivity index (χ1) is 10.8. The van der Waals surface area contributed by atoms with Crippen molar-refractivity contribution in [1.29, 1.82) is 0 Å². The largest absolute Gasteiger partial charge is 0.444 e. The summed E-state index contributed by atoms with van der Waals surface area (Å²) in [6.07, 6.45) is 1.08. The Morgan fingerprint density at radius 2 is 2.04 bits per heavy atom. The molecule has 0 radical (unpaired) electrons. The van der Waals surface area contributed by atoms with Crippen LogP contribution in [-0.4, -0.2) is 35.8 Å². The van der Waals surface area contributed by atoms with Crippen LogP contribution in [0.1, 0.15) is 39.2 Å². The van der Waals surface area contributed by atoms with Gasteiger partial charge in [0, 0.05) is 28.4 Å². The quantitative estimate of drug-likeness (QED) is 0.663. The lowest BCUT2D eigenvalue weighted by atomic mass is 10.1. The number of benzene rings is 1. The molecule has 2 rings (SSSR count). The van der Waals surface area contributed by atoms with Crippen molar-refractivity contribution >= 4 is 28.7 Å². The molecule has 0 bridgehead atoms. The maximum absolute atomic E-state index is 14.1. The molecule has 0 spiro atoms. The molecule has 0 N–H and O–H groups in total. The molecule has 1 aliphatic rings. The number of nitrogens with zero attached hydrogens (tertiary/aromatic N) is 1. The summed E-state index contributed by atoms with van der Waals surface area (Å²) in [4.78, 5) is 14.2. The Morgan fingerprint density at radius 1 is 1.39 bits per heavy atom. The molecule has 1 aromatic rings. The third kappa shape index (κ3) is 5.60. The van der Waals surface area contributed by atoms with E-state index in [1.54, 1.807) is 17.0 Å². The Kier molecular flexibility index (Phi) is 6.25. The number of ether oxygens (including phenoxy) is 2. The predicted molar refractivity (Wildman–Crippen MR) is 94.7 cm³/mol. The number of carbonyl (C=O) groups is 1.